The predicted octanol–water partition coefficient (Wildman–Crippen LogP) is 5.65. The molecule has 0 fully saturated rings. The molecule has 8 heteroatoms. The largest absolute Gasteiger partial charge is 0.493 e. The van der Waals surface area contributed by atoms with Gasteiger partial charge in [-0.3, -0.25) is 4.79 Å². The summed E-state index contributed by atoms with van der Waals surface area (Å²) in [6, 6.07) is 12.8. The van der Waals surface area contributed by atoms with Gasteiger partial charge in [0.25, 0.3) is 5.91 Å². The highest BCUT2D eigenvalue weighted by molar-refractivity contribution is 5.95. The lowest BCUT2D eigenvalue weighted by atomic mass is 9.86. The Balaban J connectivity index is 1.89. The number of hydrogen-bond acceptors (Lipinski definition) is 3. The summed E-state index contributed by atoms with van der Waals surface area (Å²) in [6.45, 7) is 0.235. The first-order chi connectivity index (χ1) is 15.7. The van der Waals surface area contributed by atoms with Crippen molar-refractivity contribution in [3.63, 3.8) is 0 Å². The Morgan fingerprint density at radius 3 is 2.33 bits per heavy atom. The maximum Gasteiger partial charge on any atom is 0.416 e. The minimum Gasteiger partial charge on any atom is -0.493 e. The molecule has 0 saturated heterocycles. The molecule has 1 aliphatic heterocycles. The number of halogens is 4. The maximum atomic E-state index is 13.8. The van der Waals surface area contributed by atoms with Crippen molar-refractivity contribution in [3.8, 4) is 11.5 Å². The lowest BCUT2D eigenvalue weighted by Gasteiger charge is -2.38. The summed E-state index contributed by atoms with van der Waals surface area (Å²) in [4.78, 5) is 14.9. The van der Waals surface area contributed by atoms with Crippen LogP contribution < -0.4 is 9.47 Å². The van der Waals surface area contributed by atoms with Crippen molar-refractivity contribution in [2.45, 2.75) is 18.6 Å². The highest BCUT2D eigenvalue weighted by atomic mass is 19.4. The Kier molecular flexibility index (Phi) is 6.01. The molecular weight excluding hydrogens is 438 g/mol. The number of carbonyl (C=O) groups excluding carboxylic acids is 1. The molecule has 0 saturated carbocycles. The third kappa shape index (κ3) is 4.37. The van der Waals surface area contributed by atoms with Gasteiger partial charge in [-0.05, 0) is 65.6 Å². The van der Waals surface area contributed by atoms with Crippen molar-refractivity contribution in [1.29, 1.82) is 0 Å². The molecule has 1 heterocycles. The van der Waals surface area contributed by atoms with Gasteiger partial charge in [-0.25, -0.2) is 4.39 Å². The Bertz CT molecular complexity index is 1190. The number of rotatable bonds is 4. The molecule has 0 radical (unpaired) electrons. The van der Waals surface area contributed by atoms with Crippen LogP contribution in [0.25, 0.3) is 0 Å². The van der Waals surface area contributed by atoms with E-state index < -0.39 is 29.5 Å². The van der Waals surface area contributed by atoms with Gasteiger partial charge in [0, 0.05) is 12.1 Å². The smallest absolute Gasteiger partial charge is 0.416 e. The summed E-state index contributed by atoms with van der Waals surface area (Å²) in [5.74, 6) is -0.158. The number of benzene rings is 3. The maximum absolute atomic E-state index is 13.8. The fourth-order valence-electron chi connectivity index (χ4n) is 4.20. The molecule has 0 bridgehead atoms. The summed E-state index contributed by atoms with van der Waals surface area (Å²) in [5, 5.41) is 0. The van der Waals surface area contributed by atoms with Crippen molar-refractivity contribution in [2.24, 2.45) is 0 Å². The normalized spacial score (nSPS) is 15.7. The topological polar surface area (TPSA) is 38.8 Å². The van der Waals surface area contributed by atoms with Crippen LogP contribution in [0.4, 0.5) is 17.6 Å². The van der Waals surface area contributed by atoms with E-state index in [4.69, 9.17) is 9.47 Å². The zero-order chi connectivity index (χ0) is 23.8. The van der Waals surface area contributed by atoms with Gasteiger partial charge in [-0.1, -0.05) is 18.2 Å². The van der Waals surface area contributed by atoms with Crippen LogP contribution in [0, 0.1) is 5.82 Å². The molecule has 1 atom stereocenters. The number of alkyl halides is 3. The van der Waals surface area contributed by atoms with E-state index in [1.807, 2.05) is 0 Å². The highest BCUT2D eigenvalue weighted by Crippen LogP contribution is 2.42. The number of carbonyl (C=O) groups is 1. The third-order valence-electron chi connectivity index (χ3n) is 5.74. The number of amides is 1. The summed E-state index contributed by atoms with van der Waals surface area (Å²) in [5.41, 5.74) is 1.06. The monoisotopic (exact) mass is 459 g/mol. The zero-order valence-corrected chi connectivity index (χ0v) is 17.9. The van der Waals surface area contributed by atoms with Crippen LogP contribution in [0.15, 0.2) is 60.7 Å². The number of nitrogens with zero attached hydrogens (tertiary/aromatic N) is 1. The second-order valence-electron chi connectivity index (χ2n) is 7.69. The van der Waals surface area contributed by atoms with E-state index in [-0.39, 0.29) is 12.1 Å². The van der Waals surface area contributed by atoms with E-state index in [0.29, 0.717) is 29.0 Å². The Hall–Kier alpha value is -3.55. The van der Waals surface area contributed by atoms with E-state index in [1.165, 1.54) is 43.4 Å². The molecule has 0 aliphatic carbocycles. The summed E-state index contributed by atoms with van der Waals surface area (Å²) in [7, 11) is 2.96. The zero-order valence-electron chi connectivity index (χ0n) is 17.9. The average Bonchev–Trinajstić information content (AvgIpc) is 2.81. The molecule has 4 rings (SSSR count). The number of fused-ring (bicyclic) bond motifs is 1. The predicted molar refractivity (Wildman–Crippen MR) is 114 cm³/mol. The standard InChI is InChI=1S/C25H21F4NO3/c1-32-21-13-15-9-10-30(24(31)17-6-4-8-19(26)12-17)23(20(15)14-22(21)33-2)16-5-3-7-18(11-16)25(27,28)29/h3-8,11-14,23H,9-10H2,1-2H3. The molecule has 0 spiro atoms. The minimum absolute atomic E-state index is 0.121. The van der Waals surface area contributed by atoms with Crippen LogP contribution in [0.3, 0.4) is 0 Å². The van der Waals surface area contributed by atoms with Gasteiger partial charge in [0.2, 0.25) is 0 Å². The summed E-state index contributed by atoms with van der Waals surface area (Å²) < 4.78 is 64.9. The number of methoxy groups -OCH3 is 2. The summed E-state index contributed by atoms with van der Waals surface area (Å²) >= 11 is 0. The molecule has 1 aliphatic rings. The molecule has 0 N–H and O–H groups in total. The minimum atomic E-state index is -4.54. The number of hydrogen-bond donors (Lipinski definition) is 0. The average molecular weight is 459 g/mol. The quantitative estimate of drug-likeness (QED) is 0.474. The second-order valence-corrected chi connectivity index (χ2v) is 7.69. The second kappa shape index (κ2) is 8.77. The Morgan fingerprint density at radius 2 is 1.67 bits per heavy atom. The van der Waals surface area contributed by atoms with Crippen LogP contribution in [0.2, 0.25) is 0 Å². The van der Waals surface area contributed by atoms with Gasteiger partial charge in [-0.15, -0.1) is 0 Å². The molecule has 1 unspecified atom stereocenters. The van der Waals surface area contributed by atoms with E-state index in [2.05, 4.69) is 0 Å². The first kappa shape index (κ1) is 22.6. The molecule has 33 heavy (non-hydrogen) atoms. The van der Waals surface area contributed by atoms with E-state index in [0.717, 1.165) is 23.8 Å². The molecular formula is C25H21F4NO3. The van der Waals surface area contributed by atoms with Crippen LogP contribution in [0.5, 0.6) is 11.5 Å². The molecule has 3 aromatic carbocycles. The van der Waals surface area contributed by atoms with E-state index in [1.54, 1.807) is 18.2 Å². The first-order valence-electron chi connectivity index (χ1n) is 10.2. The fourth-order valence-corrected chi connectivity index (χ4v) is 4.20. The van der Waals surface area contributed by atoms with Crippen molar-refractivity contribution >= 4 is 5.91 Å². The summed E-state index contributed by atoms with van der Waals surface area (Å²) in [6.07, 6.45) is -4.09. The van der Waals surface area contributed by atoms with Crippen molar-refractivity contribution < 1.29 is 31.8 Å². The lowest BCUT2D eigenvalue weighted by Crippen LogP contribution is -2.40. The van der Waals surface area contributed by atoms with Gasteiger partial charge in [0.1, 0.15) is 5.82 Å². The fraction of sp³-hybridized carbons (Fsp3) is 0.240. The third-order valence-corrected chi connectivity index (χ3v) is 5.74. The molecule has 3 aromatic rings. The first-order valence-corrected chi connectivity index (χ1v) is 10.2. The highest BCUT2D eigenvalue weighted by Gasteiger charge is 2.36. The van der Waals surface area contributed by atoms with Gasteiger partial charge in [0.05, 0.1) is 25.8 Å². The number of ether oxygens (including phenoxy) is 2. The molecule has 0 aromatic heterocycles. The van der Waals surface area contributed by atoms with E-state index in [9.17, 15) is 22.4 Å². The van der Waals surface area contributed by atoms with Crippen LogP contribution >= 0.6 is 0 Å². The Labute approximate surface area is 188 Å². The molecule has 4 nitrogen and oxygen atoms in total. The van der Waals surface area contributed by atoms with Crippen molar-refractivity contribution in [2.75, 3.05) is 20.8 Å². The Morgan fingerprint density at radius 1 is 0.970 bits per heavy atom. The van der Waals surface area contributed by atoms with Crippen molar-refractivity contribution in [3.05, 3.63) is 94.3 Å². The lowest BCUT2D eigenvalue weighted by molar-refractivity contribution is -0.137. The molecule has 1 amide bonds. The van der Waals surface area contributed by atoms with Gasteiger partial charge in [-0.2, -0.15) is 13.2 Å². The van der Waals surface area contributed by atoms with Gasteiger partial charge < -0.3 is 14.4 Å². The van der Waals surface area contributed by atoms with Crippen LogP contribution in [-0.2, 0) is 12.6 Å². The van der Waals surface area contributed by atoms with Crippen molar-refractivity contribution in [1.82, 2.24) is 4.90 Å². The van der Waals surface area contributed by atoms with Gasteiger partial charge in [0.15, 0.2) is 11.5 Å². The van der Waals surface area contributed by atoms with Gasteiger partial charge >= 0.3 is 6.18 Å². The SMILES string of the molecule is COc1cc2c(cc1OC)C(c1cccc(C(F)(F)F)c1)N(C(=O)c1cccc(F)c1)CC2. The van der Waals surface area contributed by atoms with Crippen LogP contribution in [-0.4, -0.2) is 31.6 Å². The van der Waals surface area contributed by atoms with Crippen LogP contribution in [0.1, 0.15) is 38.7 Å². The molecule has 172 valence electrons. The van der Waals surface area contributed by atoms with E-state index >= 15 is 0 Å².